The highest BCUT2D eigenvalue weighted by molar-refractivity contribution is 5.94. The molecule has 0 atom stereocenters. The Morgan fingerprint density at radius 1 is 1.35 bits per heavy atom. The Morgan fingerprint density at radius 3 is 2.82 bits per heavy atom. The van der Waals surface area contributed by atoms with Crippen LogP contribution in [0, 0.1) is 0 Å². The molecule has 0 aliphatic rings. The number of likely N-dealkylation sites (N-methyl/N-ethyl adjacent to an activating group) is 1. The molecule has 4 nitrogen and oxygen atoms in total. The van der Waals surface area contributed by atoms with Crippen molar-refractivity contribution in [3.8, 4) is 0 Å². The van der Waals surface area contributed by atoms with E-state index in [0.29, 0.717) is 12.3 Å². The van der Waals surface area contributed by atoms with Gasteiger partial charge in [-0.1, -0.05) is 18.2 Å². The van der Waals surface area contributed by atoms with Crippen LogP contribution in [0.2, 0.25) is 0 Å². The number of hydrogen-bond donors (Lipinski definition) is 1. The molecule has 0 radical (unpaired) electrons. The molecule has 1 N–H and O–H groups in total. The minimum absolute atomic E-state index is 0.303. The number of nitrogens with zero attached hydrogens (tertiary/aromatic N) is 1. The Balaban J connectivity index is 2.04. The Bertz CT molecular complexity index is 484. The predicted octanol–water partition coefficient (Wildman–Crippen LogP) is 1.89. The van der Waals surface area contributed by atoms with Crippen LogP contribution in [0.3, 0.4) is 0 Å². The van der Waals surface area contributed by atoms with Crippen LogP contribution >= 0.6 is 0 Å². The van der Waals surface area contributed by atoms with E-state index in [1.54, 1.807) is 0 Å². The zero-order valence-electron chi connectivity index (χ0n) is 10.1. The van der Waals surface area contributed by atoms with E-state index in [1.807, 2.05) is 49.3 Å². The molecule has 0 spiro atoms. The summed E-state index contributed by atoms with van der Waals surface area (Å²) in [5, 5.41) is 1.02. The molecule has 0 aliphatic carbocycles. The molecular formula is C13H16N2O2. The van der Waals surface area contributed by atoms with Crippen LogP contribution in [-0.4, -0.2) is 43.1 Å². The maximum absolute atomic E-state index is 11.7. The lowest BCUT2D eigenvalue weighted by atomic mass is 10.2. The SMILES string of the molecule is CN(C)CCOC(=O)c1cc2ccccc2[nH]1. The zero-order valence-corrected chi connectivity index (χ0v) is 10.1. The fourth-order valence-corrected chi connectivity index (χ4v) is 1.58. The molecule has 0 saturated heterocycles. The number of hydrogen-bond acceptors (Lipinski definition) is 3. The number of esters is 1. The molecule has 0 saturated carbocycles. The molecule has 0 amide bonds. The molecule has 0 fully saturated rings. The van der Waals surface area contributed by atoms with Crippen molar-refractivity contribution in [2.45, 2.75) is 0 Å². The van der Waals surface area contributed by atoms with Gasteiger partial charge < -0.3 is 14.6 Å². The molecule has 4 heteroatoms. The van der Waals surface area contributed by atoms with E-state index in [1.165, 1.54) is 0 Å². The van der Waals surface area contributed by atoms with Gasteiger partial charge in [-0.3, -0.25) is 0 Å². The summed E-state index contributed by atoms with van der Waals surface area (Å²) in [4.78, 5) is 16.7. The highest BCUT2D eigenvalue weighted by Gasteiger charge is 2.10. The van der Waals surface area contributed by atoms with Gasteiger partial charge in [0.2, 0.25) is 0 Å². The van der Waals surface area contributed by atoms with Gasteiger partial charge in [0.1, 0.15) is 12.3 Å². The third kappa shape index (κ3) is 2.85. The Kier molecular flexibility index (Phi) is 3.44. The molecule has 17 heavy (non-hydrogen) atoms. The van der Waals surface area contributed by atoms with Gasteiger partial charge in [0.15, 0.2) is 0 Å². The molecule has 1 heterocycles. The van der Waals surface area contributed by atoms with Crippen LogP contribution in [0.5, 0.6) is 0 Å². The third-order valence-corrected chi connectivity index (χ3v) is 2.52. The number of rotatable bonds is 4. The molecule has 0 aliphatic heterocycles. The van der Waals surface area contributed by atoms with Gasteiger partial charge in [0.25, 0.3) is 0 Å². The summed E-state index contributed by atoms with van der Waals surface area (Å²) in [6.45, 7) is 1.13. The highest BCUT2D eigenvalue weighted by Crippen LogP contribution is 2.15. The van der Waals surface area contributed by atoms with Crippen LogP contribution in [0.15, 0.2) is 30.3 Å². The van der Waals surface area contributed by atoms with Gasteiger partial charge in [0.05, 0.1) is 0 Å². The van der Waals surface area contributed by atoms with Crippen LogP contribution in [0.4, 0.5) is 0 Å². The second-order valence-electron chi connectivity index (χ2n) is 4.21. The summed E-state index contributed by atoms with van der Waals surface area (Å²) < 4.78 is 5.16. The van der Waals surface area contributed by atoms with Gasteiger partial charge in [-0.05, 0) is 26.2 Å². The van der Waals surface area contributed by atoms with Crippen molar-refractivity contribution in [2.75, 3.05) is 27.2 Å². The lowest BCUT2D eigenvalue weighted by Crippen LogP contribution is -2.20. The van der Waals surface area contributed by atoms with Crippen LogP contribution in [0.25, 0.3) is 10.9 Å². The average molecular weight is 232 g/mol. The molecule has 1 aromatic heterocycles. The van der Waals surface area contributed by atoms with E-state index in [9.17, 15) is 4.79 Å². The molecule has 2 aromatic rings. The van der Waals surface area contributed by atoms with E-state index in [0.717, 1.165) is 17.4 Å². The Hall–Kier alpha value is -1.81. The van der Waals surface area contributed by atoms with Crippen molar-refractivity contribution < 1.29 is 9.53 Å². The summed E-state index contributed by atoms with van der Waals surface area (Å²) in [7, 11) is 3.88. The van der Waals surface area contributed by atoms with Gasteiger partial charge in [-0.15, -0.1) is 0 Å². The first kappa shape index (κ1) is 11.7. The summed E-state index contributed by atoms with van der Waals surface area (Å²) in [5.41, 5.74) is 1.46. The summed E-state index contributed by atoms with van der Waals surface area (Å²) >= 11 is 0. The lowest BCUT2D eigenvalue weighted by molar-refractivity contribution is 0.0476. The number of aromatic nitrogens is 1. The van der Waals surface area contributed by atoms with Gasteiger partial charge in [0, 0.05) is 17.4 Å². The van der Waals surface area contributed by atoms with Crippen LogP contribution in [0.1, 0.15) is 10.5 Å². The fourth-order valence-electron chi connectivity index (χ4n) is 1.58. The van der Waals surface area contributed by atoms with Crippen LogP contribution < -0.4 is 0 Å². The van der Waals surface area contributed by atoms with Crippen molar-refractivity contribution in [3.63, 3.8) is 0 Å². The summed E-state index contributed by atoms with van der Waals surface area (Å²) in [5.74, 6) is -0.303. The second kappa shape index (κ2) is 5.01. The fraction of sp³-hybridized carbons (Fsp3) is 0.308. The van der Waals surface area contributed by atoms with Crippen molar-refractivity contribution in [3.05, 3.63) is 36.0 Å². The predicted molar refractivity (Wildman–Crippen MR) is 67.1 cm³/mol. The van der Waals surface area contributed by atoms with E-state index in [4.69, 9.17) is 4.74 Å². The Morgan fingerprint density at radius 2 is 2.12 bits per heavy atom. The normalized spacial score (nSPS) is 11.0. The van der Waals surface area contributed by atoms with Crippen molar-refractivity contribution in [1.29, 1.82) is 0 Å². The molecule has 0 unspecified atom stereocenters. The summed E-state index contributed by atoms with van der Waals surface area (Å²) in [6, 6.07) is 9.58. The van der Waals surface area contributed by atoms with Gasteiger partial charge in [-0.2, -0.15) is 0 Å². The monoisotopic (exact) mass is 232 g/mol. The first-order chi connectivity index (χ1) is 8.16. The topological polar surface area (TPSA) is 45.3 Å². The van der Waals surface area contributed by atoms with E-state index in [-0.39, 0.29) is 5.97 Å². The zero-order chi connectivity index (χ0) is 12.3. The maximum atomic E-state index is 11.7. The number of fused-ring (bicyclic) bond motifs is 1. The molecule has 90 valence electrons. The molecule has 1 aromatic carbocycles. The standard InChI is InChI=1S/C13H16N2O2/c1-15(2)7-8-17-13(16)12-9-10-5-3-4-6-11(10)14-12/h3-6,9,14H,7-8H2,1-2H3. The van der Waals surface area contributed by atoms with E-state index < -0.39 is 0 Å². The van der Waals surface area contributed by atoms with Gasteiger partial charge >= 0.3 is 5.97 Å². The maximum Gasteiger partial charge on any atom is 0.354 e. The number of carbonyl (C=O) groups excluding carboxylic acids is 1. The highest BCUT2D eigenvalue weighted by atomic mass is 16.5. The Labute approximate surface area is 100 Å². The van der Waals surface area contributed by atoms with Crippen molar-refractivity contribution in [2.24, 2.45) is 0 Å². The number of para-hydroxylation sites is 1. The minimum Gasteiger partial charge on any atom is -0.460 e. The second-order valence-corrected chi connectivity index (χ2v) is 4.21. The van der Waals surface area contributed by atoms with Crippen molar-refractivity contribution in [1.82, 2.24) is 9.88 Å². The number of aromatic amines is 1. The average Bonchev–Trinajstić information content (AvgIpc) is 2.71. The number of ether oxygens (including phenoxy) is 1. The largest absolute Gasteiger partial charge is 0.460 e. The third-order valence-electron chi connectivity index (χ3n) is 2.52. The molecule has 0 bridgehead atoms. The molecule has 2 rings (SSSR count). The first-order valence-electron chi connectivity index (χ1n) is 5.56. The van der Waals surface area contributed by atoms with E-state index >= 15 is 0 Å². The first-order valence-corrected chi connectivity index (χ1v) is 5.56. The quantitative estimate of drug-likeness (QED) is 0.819. The van der Waals surface area contributed by atoms with E-state index in [2.05, 4.69) is 4.98 Å². The number of benzene rings is 1. The number of H-pyrrole nitrogens is 1. The lowest BCUT2D eigenvalue weighted by Gasteiger charge is -2.09. The van der Waals surface area contributed by atoms with Crippen LogP contribution in [-0.2, 0) is 4.74 Å². The summed E-state index contributed by atoms with van der Waals surface area (Å²) in [6.07, 6.45) is 0. The smallest absolute Gasteiger partial charge is 0.354 e. The van der Waals surface area contributed by atoms with Crippen molar-refractivity contribution >= 4 is 16.9 Å². The minimum atomic E-state index is -0.303. The van der Waals surface area contributed by atoms with Gasteiger partial charge in [-0.25, -0.2) is 4.79 Å². The number of nitrogens with one attached hydrogen (secondary N) is 1. The number of carbonyl (C=O) groups is 1. The molecular weight excluding hydrogens is 216 g/mol.